The van der Waals surface area contributed by atoms with Gasteiger partial charge in [-0.3, -0.25) is 4.79 Å². The van der Waals surface area contributed by atoms with Crippen molar-refractivity contribution in [3.05, 3.63) is 88.7 Å². The van der Waals surface area contributed by atoms with Gasteiger partial charge >= 0.3 is 5.97 Å². The Hall–Kier alpha value is -3.14. The average molecular weight is 501 g/mol. The van der Waals surface area contributed by atoms with Crippen LogP contribution in [0.15, 0.2) is 60.7 Å². The predicted molar refractivity (Wildman–Crippen MR) is 146 cm³/mol. The molecule has 3 nitrogen and oxygen atoms in total. The molecule has 0 spiro atoms. The van der Waals surface area contributed by atoms with E-state index in [1.165, 1.54) is 31.2 Å². The van der Waals surface area contributed by atoms with Crippen molar-refractivity contribution in [2.45, 2.75) is 83.2 Å². The van der Waals surface area contributed by atoms with Gasteiger partial charge in [0.05, 0.1) is 6.42 Å². The van der Waals surface area contributed by atoms with Crippen LogP contribution in [0.5, 0.6) is 5.75 Å². The summed E-state index contributed by atoms with van der Waals surface area (Å²) in [6.07, 6.45) is 9.61. The lowest BCUT2D eigenvalue weighted by atomic mass is 9.84. The highest BCUT2D eigenvalue weighted by atomic mass is 19.1. The van der Waals surface area contributed by atoms with Gasteiger partial charge in [0.1, 0.15) is 18.2 Å². The van der Waals surface area contributed by atoms with E-state index in [1.807, 2.05) is 43.3 Å². The van der Waals surface area contributed by atoms with Crippen molar-refractivity contribution in [2.24, 2.45) is 5.92 Å². The first-order chi connectivity index (χ1) is 18.0. The number of halogens is 1. The highest BCUT2D eigenvalue weighted by molar-refractivity contribution is 5.70. The van der Waals surface area contributed by atoms with Crippen LogP contribution in [0.2, 0.25) is 0 Å². The quantitative estimate of drug-likeness (QED) is 0.299. The Balaban J connectivity index is 1.40. The Morgan fingerprint density at radius 3 is 2.46 bits per heavy atom. The second kappa shape index (κ2) is 11.5. The maximum absolute atomic E-state index is 14.9. The highest BCUT2D eigenvalue weighted by Gasteiger charge is 2.33. The van der Waals surface area contributed by atoms with Crippen LogP contribution in [-0.4, -0.2) is 11.1 Å². The second-order valence-corrected chi connectivity index (χ2v) is 11.0. The minimum Gasteiger partial charge on any atom is -0.489 e. The normalized spacial score (nSPS) is 17.2. The molecule has 37 heavy (non-hydrogen) atoms. The fraction of sp³-hybridized carbons (Fsp3) is 0.424. The molecule has 0 amide bonds. The van der Waals surface area contributed by atoms with Crippen molar-refractivity contribution in [1.29, 1.82) is 0 Å². The third-order valence-corrected chi connectivity index (χ3v) is 8.10. The van der Waals surface area contributed by atoms with Gasteiger partial charge in [-0.2, -0.15) is 0 Å². The van der Waals surface area contributed by atoms with Crippen LogP contribution in [0.1, 0.15) is 91.9 Å². The fourth-order valence-corrected chi connectivity index (χ4v) is 5.97. The Morgan fingerprint density at radius 2 is 1.73 bits per heavy atom. The van der Waals surface area contributed by atoms with Gasteiger partial charge in [-0.1, -0.05) is 67.6 Å². The maximum Gasteiger partial charge on any atom is 0.303 e. The van der Waals surface area contributed by atoms with Crippen LogP contribution in [-0.2, 0) is 11.4 Å². The van der Waals surface area contributed by atoms with Crippen molar-refractivity contribution in [2.75, 3.05) is 0 Å². The summed E-state index contributed by atoms with van der Waals surface area (Å²) in [5, 5.41) is 9.38. The molecule has 2 aliphatic rings. The number of aliphatic carboxylic acids is 1. The van der Waals surface area contributed by atoms with Crippen molar-refractivity contribution in [1.82, 2.24) is 0 Å². The lowest BCUT2D eigenvalue weighted by molar-refractivity contribution is -0.137. The third-order valence-electron chi connectivity index (χ3n) is 8.10. The van der Waals surface area contributed by atoms with Gasteiger partial charge in [-0.15, -0.1) is 0 Å². The summed E-state index contributed by atoms with van der Waals surface area (Å²) in [5.41, 5.74) is 6.10. The van der Waals surface area contributed by atoms with Gasteiger partial charge in [0.25, 0.3) is 0 Å². The molecule has 0 radical (unpaired) electrons. The number of hydrogen-bond acceptors (Lipinski definition) is 2. The van der Waals surface area contributed by atoms with Crippen molar-refractivity contribution < 1.29 is 19.0 Å². The van der Waals surface area contributed by atoms with Crippen LogP contribution >= 0.6 is 0 Å². The Morgan fingerprint density at radius 1 is 0.946 bits per heavy atom. The molecule has 2 aliphatic carbocycles. The number of carboxylic acids is 1. The molecule has 0 heterocycles. The van der Waals surface area contributed by atoms with E-state index in [4.69, 9.17) is 4.74 Å². The Kier molecular flexibility index (Phi) is 7.93. The zero-order valence-corrected chi connectivity index (χ0v) is 21.7. The molecule has 1 atom stereocenters. The van der Waals surface area contributed by atoms with E-state index in [9.17, 15) is 14.3 Å². The third kappa shape index (κ3) is 6.41. The molecule has 2 fully saturated rings. The van der Waals surface area contributed by atoms with Gasteiger partial charge in [-0.05, 0) is 96.9 Å². The first-order valence-corrected chi connectivity index (χ1v) is 13.8. The fourth-order valence-electron chi connectivity index (χ4n) is 5.97. The molecule has 4 heteroatoms. The van der Waals surface area contributed by atoms with Crippen molar-refractivity contribution in [3.8, 4) is 16.9 Å². The van der Waals surface area contributed by atoms with E-state index >= 15 is 0 Å². The van der Waals surface area contributed by atoms with E-state index in [0.717, 1.165) is 53.7 Å². The summed E-state index contributed by atoms with van der Waals surface area (Å²) in [6, 6.07) is 19.6. The maximum atomic E-state index is 14.9. The van der Waals surface area contributed by atoms with Crippen molar-refractivity contribution in [3.63, 3.8) is 0 Å². The predicted octanol–water partition coefficient (Wildman–Crippen LogP) is 8.79. The molecule has 0 aromatic heterocycles. The van der Waals surface area contributed by atoms with Crippen LogP contribution in [0.4, 0.5) is 4.39 Å². The Labute approximate surface area is 219 Å². The smallest absolute Gasteiger partial charge is 0.303 e. The summed E-state index contributed by atoms with van der Waals surface area (Å²) in [7, 11) is 0. The van der Waals surface area contributed by atoms with E-state index in [1.54, 1.807) is 6.07 Å². The number of rotatable bonds is 9. The first-order valence-electron chi connectivity index (χ1n) is 13.8. The van der Waals surface area contributed by atoms with Crippen LogP contribution in [0.25, 0.3) is 11.1 Å². The number of hydrogen-bond donors (Lipinski definition) is 1. The first kappa shape index (κ1) is 25.5. The number of aryl methyl sites for hydroxylation is 1. The molecule has 0 saturated heterocycles. The molecule has 3 aromatic rings. The minimum atomic E-state index is -0.751. The summed E-state index contributed by atoms with van der Waals surface area (Å²) in [5.74, 6) is 0.774. The number of carbonyl (C=O) groups is 1. The van der Waals surface area contributed by atoms with E-state index in [2.05, 4.69) is 18.2 Å². The van der Waals surface area contributed by atoms with Crippen molar-refractivity contribution >= 4 is 5.97 Å². The molecule has 0 unspecified atom stereocenters. The molecule has 2 saturated carbocycles. The van der Waals surface area contributed by atoms with Crippen LogP contribution in [0, 0.1) is 18.7 Å². The highest BCUT2D eigenvalue weighted by Crippen LogP contribution is 2.45. The average Bonchev–Trinajstić information content (AvgIpc) is 3.75. The van der Waals surface area contributed by atoms with E-state index in [-0.39, 0.29) is 18.2 Å². The zero-order valence-electron chi connectivity index (χ0n) is 21.7. The lowest BCUT2D eigenvalue weighted by Gasteiger charge is -2.21. The largest absolute Gasteiger partial charge is 0.489 e. The molecule has 1 N–H and O–H groups in total. The van der Waals surface area contributed by atoms with Gasteiger partial charge in [-0.25, -0.2) is 4.39 Å². The zero-order chi connectivity index (χ0) is 25.8. The molecule has 0 aliphatic heterocycles. The minimum absolute atomic E-state index is 0.0476. The van der Waals surface area contributed by atoms with Gasteiger partial charge in [0, 0.05) is 5.56 Å². The molecular formula is C33H37FO3. The molecular weight excluding hydrogens is 463 g/mol. The van der Waals surface area contributed by atoms with Gasteiger partial charge in [0.2, 0.25) is 0 Å². The standard InChI is InChI=1S/C33H37FO3/c1-22-11-16-32(34)31(17-22)28-15-12-23(18-30(28)24-7-4-2-3-5-8-24)21-37-27-10-6-9-26(19-27)29(20-33(35)36)25-13-14-25/h6,9-12,15-19,24-25,29H,2-5,7-8,13-14,20-21H2,1H3,(H,35,36)/t29-/m0/s1. The molecule has 3 aromatic carbocycles. The Bertz CT molecular complexity index is 1240. The molecule has 0 bridgehead atoms. The number of benzene rings is 3. The number of carboxylic acid groups (broad SMARTS) is 1. The van der Waals surface area contributed by atoms with Gasteiger partial charge < -0.3 is 9.84 Å². The summed E-state index contributed by atoms with van der Waals surface area (Å²) < 4.78 is 21.2. The summed E-state index contributed by atoms with van der Waals surface area (Å²) >= 11 is 0. The van der Waals surface area contributed by atoms with E-state index in [0.29, 0.717) is 24.0 Å². The second-order valence-electron chi connectivity index (χ2n) is 11.0. The van der Waals surface area contributed by atoms with E-state index < -0.39 is 5.97 Å². The van der Waals surface area contributed by atoms with Gasteiger partial charge in [0.15, 0.2) is 0 Å². The summed E-state index contributed by atoms with van der Waals surface area (Å²) in [4.78, 5) is 11.4. The molecule has 194 valence electrons. The monoisotopic (exact) mass is 500 g/mol. The summed E-state index contributed by atoms with van der Waals surface area (Å²) in [6.45, 7) is 2.43. The SMILES string of the molecule is Cc1ccc(F)c(-c2ccc(COc3cccc([C@@H](CC(=O)O)C4CC4)c3)cc2C2CCCCCC2)c1. The van der Waals surface area contributed by atoms with Crippen LogP contribution in [0.3, 0.4) is 0 Å². The lowest BCUT2D eigenvalue weighted by Crippen LogP contribution is -2.08. The topological polar surface area (TPSA) is 46.5 Å². The number of ether oxygens (including phenoxy) is 1. The van der Waals surface area contributed by atoms with Crippen LogP contribution < -0.4 is 4.74 Å². The molecule has 5 rings (SSSR count).